The fraction of sp³-hybridized carbons (Fsp3) is 0.353. The van der Waals surface area contributed by atoms with Crippen LogP contribution in [0.4, 0.5) is 4.79 Å². The number of benzene rings is 1. The minimum atomic E-state index is -0.801. The molecule has 1 N–H and O–H groups in total. The number of nitrogens with zero attached hydrogens (tertiary/aromatic N) is 1. The fourth-order valence-electron chi connectivity index (χ4n) is 2.66. The highest BCUT2D eigenvalue weighted by molar-refractivity contribution is 7.10. The largest absolute Gasteiger partial charge is 0.445 e. The van der Waals surface area contributed by atoms with Crippen molar-refractivity contribution in [2.75, 3.05) is 13.1 Å². The van der Waals surface area contributed by atoms with Crippen molar-refractivity contribution in [3.05, 3.63) is 58.3 Å². The molecule has 0 atom stereocenters. The van der Waals surface area contributed by atoms with Gasteiger partial charge in [0.05, 0.1) is 0 Å². The minimum Gasteiger partial charge on any atom is -0.445 e. The number of carbonyl (C=O) groups is 1. The fourth-order valence-corrected chi connectivity index (χ4v) is 3.54. The Kier molecular flexibility index (Phi) is 4.45. The number of ether oxygens (including phenoxy) is 1. The Morgan fingerprint density at radius 2 is 1.91 bits per heavy atom. The van der Waals surface area contributed by atoms with E-state index in [1.165, 1.54) is 0 Å². The molecule has 0 radical (unpaired) electrons. The van der Waals surface area contributed by atoms with Gasteiger partial charge in [0.15, 0.2) is 0 Å². The molecule has 1 aromatic heterocycles. The number of piperidine rings is 1. The van der Waals surface area contributed by atoms with Gasteiger partial charge >= 0.3 is 6.09 Å². The number of carbonyl (C=O) groups excluding carboxylic acids is 1. The average Bonchev–Trinajstić information content (AvgIpc) is 3.10. The highest BCUT2D eigenvalue weighted by Crippen LogP contribution is 2.35. The number of aliphatic hydroxyl groups is 1. The van der Waals surface area contributed by atoms with Crippen molar-refractivity contribution in [2.24, 2.45) is 0 Å². The molecule has 1 fully saturated rings. The Morgan fingerprint density at radius 1 is 1.18 bits per heavy atom. The van der Waals surface area contributed by atoms with Crippen LogP contribution in [0, 0.1) is 0 Å². The van der Waals surface area contributed by atoms with Crippen LogP contribution in [0.15, 0.2) is 47.8 Å². The second-order valence-corrected chi connectivity index (χ2v) is 6.48. The summed E-state index contributed by atoms with van der Waals surface area (Å²) >= 11 is 1.56. The molecule has 1 aliphatic heterocycles. The number of likely N-dealkylation sites (tertiary alicyclic amines) is 1. The van der Waals surface area contributed by atoms with E-state index >= 15 is 0 Å². The summed E-state index contributed by atoms with van der Waals surface area (Å²) in [6, 6.07) is 13.5. The van der Waals surface area contributed by atoms with Crippen LogP contribution in [0.5, 0.6) is 0 Å². The number of hydrogen-bond acceptors (Lipinski definition) is 4. The van der Waals surface area contributed by atoms with Crippen molar-refractivity contribution in [2.45, 2.75) is 25.0 Å². The van der Waals surface area contributed by atoms with Crippen LogP contribution in [0.1, 0.15) is 23.3 Å². The molecule has 3 rings (SSSR count). The highest BCUT2D eigenvalue weighted by Gasteiger charge is 2.36. The summed E-state index contributed by atoms with van der Waals surface area (Å²) in [5, 5.41) is 12.6. The molecule has 0 unspecified atom stereocenters. The lowest BCUT2D eigenvalue weighted by atomic mass is 9.90. The number of hydrogen-bond donors (Lipinski definition) is 1. The second-order valence-electron chi connectivity index (χ2n) is 5.54. The lowest BCUT2D eigenvalue weighted by Crippen LogP contribution is -2.45. The summed E-state index contributed by atoms with van der Waals surface area (Å²) in [7, 11) is 0. The van der Waals surface area contributed by atoms with Gasteiger partial charge in [-0.15, -0.1) is 11.3 Å². The third kappa shape index (κ3) is 3.31. The molecular formula is C17H19NO3S. The van der Waals surface area contributed by atoms with E-state index in [1.54, 1.807) is 16.2 Å². The third-order valence-corrected chi connectivity index (χ3v) is 5.10. The predicted molar refractivity (Wildman–Crippen MR) is 85.6 cm³/mol. The summed E-state index contributed by atoms with van der Waals surface area (Å²) in [4.78, 5) is 14.7. The van der Waals surface area contributed by atoms with Gasteiger partial charge < -0.3 is 14.7 Å². The van der Waals surface area contributed by atoms with Crippen molar-refractivity contribution >= 4 is 17.4 Å². The zero-order valence-corrected chi connectivity index (χ0v) is 13.1. The maximum absolute atomic E-state index is 12.1. The molecule has 0 saturated carbocycles. The van der Waals surface area contributed by atoms with Gasteiger partial charge in [-0.1, -0.05) is 36.4 Å². The maximum atomic E-state index is 12.1. The van der Waals surface area contributed by atoms with Gasteiger partial charge in [-0.25, -0.2) is 4.79 Å². The van der Waals surface area contributed by atoms with Crippen molar-refractivity contribution in [1.82, 2.24) is 4.90 Å². The molecule has 2 aromatic rings. The Labute approximate surface area is 134 Å². The zero-order chi connectivity index (χ0) is 15.4. The van der Waals surface area contributed by atoms with E-state index in [2.05, 4.69) is 0 Å². The first kappa shape index (κ1) is 15.1. The lowest BCUT2D eigenvalue weighted by Gasteiger charge is -2.37. The van der Waals surface area contributed by atoms with Crippen molar-refractivity contribution in [3.63, 3.8) is 0 Å². The topological polar surface area (TPSA) is 49.8 Å². The van der Waals surface area contributed by atoms with Crippen LogP contribution in [0.25, 0.3) is 0 Å². The van der Waals surface area contributed by atoms with Gasteiger partial charge in [0, 0.05) is 18.0 Å². The van der Waals surface area contributed by atoms with Crippen molar-refractivity contribution in [1.29, 1.82) is 0 Å². The van der Waals surface area contributed by atoms with E-state index in [4.69, 9.17) is 4.74 Å². The summed E-state index contributed by atoms with van der Waals surface area (Å²) in [5.74, 6) is 0. The summed E-state index contributed by atoms with van der Waals surface area (Å²) < 4.78 is 5.33. The molecule has 22 heavy (non-hydrogen) atoms. The third-order valence-electron chi connectivity index (χ3n) is 4.03. The Morgan fingerprint density at radius 3 is 2.55 bits per heavy atom. The molecule has 1 saturated heterocycles. The first-order valence-corrected chi connectivity index (χ1v) is 8.27. The molecule has 1 aromatic carbocycles. The van der Waals surface area contributed by atoms with Crippen LogP contribution < -0.4 is 0 Å². The SMILES string of the molecule is O=C(OCc1ccccc1)N1CCC(O)(c2cccs2)CC1. The van der Waals surface area contributed by atoms with Gasteiger partial charge in [-0.2, -0.15) is 0 Å². The van der Waals surface area contributed by atoms with Crippen molar-refractivity contribution < 1.29 is 14.6 Å². The molecule has 5 heteroatoms. The molecule has 0 bridgehead atoms. The molecule has 1 amide bonds. The maximum Gasteiger partial charge on any atom is 0.410 e. The van der Waals surface area contributed by atoms with Crippen LogP contribution in [-0.2, 0) is 16.9 Å². The van der Waals surface area contributed by atoms with E-state index in [1.807, 2.05) is 47.8 Å². The molecule has 1 aliphatic rings. The second kappa shape index (κ2) is 6.50. The number of thiophene rings is 1. The van der Waals surface area contributed by atoms with E-state index < -0.39 is 5.60 Å². The van der Waals surface area contributed by atoms with E-state index in [0.29, 0.717) is 25.9 Å². The van der Waals surface area contributed by atoms with E-state index in [-0.39, 0.29) is 12.7 Å². The van der Waals surface area contributed by atoms with Crippen molar-refractivity contribution in [3.8, 4) is 0 Å². The van der Waals surface area contributed by atoms with E-state index in [9.17, 15) is 9.90 Å². The van der Waals surface area contributed by atoms with Gasteiger partial charge in [0.25, 0.3) is 0 Å². The average molecular weight is 317 g/mol. The van der Waals surface area contributed by atoms with Crippen LogP contribution >= 0.6 is 11.3 Å². The first-order chi connectivity index (χ1) is 10.7. The highest BCUT2D eigenvalue weighted by atomic mass is 32.1. The standard InChI is InChI=1S/C17H19NO3S/c19-16(21-13-14-5-2-1-3-6-14)18-10-8-17(20,9-11-18)15-7-4-12-22-15/h1-7,12,20H,8-11,13H2. The summed E-state index contributed by atoms with van der Waals surface area (Å²) in [6.45, 7) is 1.31. The monoisotopic (exact) mass is 317 g/mol. The summed E-state index contributed by atoms with van der Waals surface area (Å²) in [5.41, 5.74) is 0.174. The Bertz CT molecular complexity index is 604. The smallest absolute Gasteiger partial charge is 0.410 e. The van der Waals surface area contributed by atoms with Crippen LogP contribution in [-0.4, -0.2) is 29.2 Å². The minimum absolute atomic E-state index is 0.283. The van der Waals surface area contributed by atoms with Gasteiger partial charge in [0.2, 0.25) is 0 Å². The Balaban J connectivity index is 1.52. The molecule has 4 nitrogen and oxygen atoms in total. The quantitative estimate of drug-likeness (QED) is 0.944. The molecule has 116 valence electrons. The first-order valence-electron chi connectivity index (χ1n) is 7.39. The molecule has 0 aliphatic carbocycles. The summed E-state index contributed by atoms with van der Waals surface area (Å²) in [6.07, 6.45) is 0.791. The number of amides is 1. The van der Waals surface area contributed by atoms with Crippen LogP contribution in [0.2, 0.25) is 0 Å². The predicted octanol–water partition coefficient (Wildman–Crippen LogP) is 3.37. The molecule has 2 heterocycles. The molecular weight excluding hydrogens is 298 g/mol. The normalized spacial score (nSPS) is 17.2. The lowest BCUT2D eigenvalue weighted by molar-refractivity contribution is -0.0227. The molecule has 0 spiro atoms. The van der Waals surface area contributed by atoms with Gasteiger partial charge in [0.1, 0.15) is 12.2 Å². The van der Waals surface area contributed by atoms with Gasteiger partial charge in [-0.3, -0.25) is 0 Å². The zero-order valence-electron chi connectivity index (χ0n) is 12.3. The number of rotatable bonds is 3. The van der Waals surface area contributed by atoms with Crippen LogP contribution in [0.3, 0.4) is 0 Å². The Hall–Kier alpha value is -1.85. The van der Waals surface area contributed by atoms with Gasteiger partial charge in [-0.05, 0) is 29.9 Å². The van der Waals surface area contributed by atoms with E-state index in [0.717, 1.165) is 10.4 Å².